The van der Waals surface area contributed by atoms with Gasteiger partial charge in [0.1, 0.15) is 6.61 Å². The molecule has 1 saturated heterocycles. The highest BCUT2D eigenvalue weighted by Gasteiger charge is 2.27. The fourth-order valence-electron chi connectivity index (χ4n) is 4.75. The van der Waals surface area contributed by atoms with Gasteiger partial charge in [0.25, 0.3) is 0 Å². The van der Waals surface area contributed by atoms with Gasteiger partial charge in [-0.15, -0.1) is 0 Å². The summed E-state index contributed by atoms with van der Waals surface area (Å²) in [5.74, 6) is 0. The van der Waals surface area contributed by atoms with Crippen LogP contribution in [0.4, 0.5) is 4.79 Å². The van der Waals surface area contributed by atoms with Gasteiger partial charge in [0.15, 0.2) is 0 Å². The number of amides is 1. The maximum Gasteiger partial charge on any atom is 0.410 e. The minimum atomic E-state index is -0.263. The van der Waals surface area contributed by atoms with Crippen molar-refractivity contribution in [2.24, 2.45) is 0 Å². The lowest BCUT2D eigenvalue weighted by Crippen LogP contribution is -2.37. The third-order valence-corrected chi connectivity index (χ3v) is 6.48. The van der Waals surface area contributed by atoms with Gasteiger partial charge >= 0.3 is 6.09 Å². The molecule has 0 unspecified atom stereocenters. The Morgan fingerprint density at radius 2 is 1.76 bits per heavy atom. The molecule has 33 heavy (non-hydrogen) atoms. The van der Waals surface area contributed by atoms with Gasteiger partial charge in [-0.25, -0.2) is 4.79 Å². The molecule has 1 aliphatic heterocycles. The van der Waals surface area contributed by atoms with E-state index in [4.69, 9.17) is 9.72 Å². The number of piperidine rings is 1. The molecule has 2 heterocycles. The van der Waals surface area contributed by atoms with Crippen molar-refractivity contribution >= 4 is 11.7 Å². The summed E-state index contributed by atoms with van der Waals surface area (Å²) in [5, 5.41) is 9.37. The van der Waals surface area contributed by atoms with Crippen molar-refractivity contribution in [1.29, 1.82) is 5.26 Å². The van der Waals surface area contributed by atoms with Crippen LogP contribution in [0.25, 0.3) is 5.57 Å². The van der Waals surface area contributed by atoms with Crippen LogP contribution >= 0.6 is 0 Å². The molecule has 0 radical (unpaired) electrons. The lowest BCUT2D eigenvalue weighted by molar-refractivity contribution is 0.0936. The fraction of sp³-hybridized carbons (Fsp3) is 0.250. The van der Waals surface area contributed by atoms with Crippen LogP contribution in [0.2, 0.25) is 0 Å². The molecular formula is C28H25N3O2. The molecule has 0 atom stereocenters. The molecule has 2 aromatic carbocycles. The van der Waals surface area contributed by atoms with Gasteiger partial charge in [-0.05, 0) is 66.1 Å². The number of benzene rings is 2. The second-order valence-corrected chi connectivity index (χ2v) is 8.50. The summed E-state index contributed by atoms with van der Waals surface area (Å²) in [6.45, 7) is 1.54. The molecule has 2 aliphatic rings. The summed E-state index contributed by atoms with van der Waals surface area (Å²) in [6.07, 6.45) is 4.94. The van der Waals surface area contributed by atoms with Crippen LogP contribution in [0, 0.1) is 11.3 Å². The number of hydrogen-bond acceptors (Lipinski definition) is 4. The van der Waals surface area contributed by atoms with Gasteiger partial charge in [-0.3, -0.25) is 4.98 Å². The second kappa shape index (κ2) is 9.30. The Balaban J connectivity index is 1.40. The highest BCUT2D eigenvalue weighted by molar-refractivity contribution is 5.85. The van der Waals surface area contributed by atoms with Gasteiger partial charge in [0, 0.05) is 24.9 Å². The number of aryl methyl sites for hydroxylation is 2. The molecule has 164 valence electrons. The molecule has 1 aromatic heterocycles. The minimum Gasteiger partial charge on any atom is -0.445 e. The van der Waals surface area contributed by atoms with Crippen molar-refractivity contribution in [3.05, 3.63) is 106 Å². The van der Waals surface area contributed by atoms with E-state index in [9.17, 15) is 10.1 Å². The first-order chi connectivity index (χ1) is 16.2. The number of hydrogen-bond donors (Lipinski definition) is 0. The number of carbonyl (C=O) groups excluding carboxylic acids is 1. The van der Waals surface area contributed by atoms with E-state index < -0.39 is 0 Å². The van der Waals surface area contributed by atoms with Crippen molar-refractivity contribution in [2.45, 2.75) is 32.3 Å². The molecule has 1 aliphatic carbocycles. The van der Waals surface area contributed by atoms with Crippen LogP contribution in [-0.4, -0.2) is 29.1 Å². The van der Waals surface area contributed by atoms with Crippen LogP contribution in [-0.2, 0) is 24.2 Å². The number of likely N-dealkylation sites (tertiary alicyclic amines) is 1. The fourth-order valence-corrected chi connectivity index (χ4v) is 4.75. The predicted molar refractivity (Wildman–Crippen MR) is 126 cm³/mol. The van der Waals surface area contributed by atoms with Crippen LogP contribution in [0.15, 0.2) is 72.4 Å². The van der Waals surface area contributed by atoms with Crippen LogP contribution in [0.3, 0.4) is 0 Å². The van der Waals surface area contributed by atoms with E-state index in [1.54, 1.807) is 4.90 Å². The van der Waals surface area contributed by atoms with E-state index in [1.807, 2.05) is 54.7 Å². The molecule has 5 nitrogen and oxygen atoms in total. The minimum absolute atomic E-state index is 0.263. The lowest BCUT2D eigenvalue weighted by atomic mass is 9.88. The number of fused-ring (bicyclic) bond motifs is 2. The number of ether oxygens (including phenoxy) is 1. The first-order valence-electron chi connectivity index (χ1n) is 11.4. The average Bonchev–Trinajstić information content (AvgIpc) is 3.04. The summed E-state index contributed by atoms with van der Waals surface area (Å²) in [7, 11) is 0. The molecule has 5 rings (SSSR count). The number of nitrogens with zero attached hydrogens (tertiary/aromatic N) is 3. The Hall–Kier alpha value is -3.91. The number of carbonyl (C=O) groups is 1. The summed E-state index contributed by atoms with van der Waals surface area (Å²) >= 11 is 0. The number of nitriles is 1. The van der Waals surface area contributed by atoms with Crippen molar-refractivity contribution < 1.29 is 9.53 Å². The molecule has 1 fully saturated rings. The maximum absolute atomic E-state index is 12.6. The zero-order valence-corrected chi connectivity index (χ0v) is 18.5. The van der Waals surface area contributed by atoms with Crippen molar-refractivity contribution in [3.63, 3.8) is 0 Å². The third-order valence-electron chi connectivity index (χ3n) is 6.48. The van der Waals surface area contributed by atoms with Gasteiger partial charge in [-0.2, -0.15) is 5.26 Å². The number of rotatable bonds is 2. The highest BCUT2D eigenvalue weighted by atomic mass is 16.6. The predicted octanol–water partition coefficient (Wildman–Crippen LogP) is 5.29. The number of pyridine rings is 1. The monoisotopic (exact) mass is 435 g/mol. The molecular weight excluding hydrogens is 410 g/mol. The lowest BCUT2D eigenvalue weighted by Gasteiger charge is -2.29. The molecule has 3 aromatic rings. The maximum atomic E-state index is 12.6. The highest BCUT2D eigenvalue weighted by Crippen LogP contribution is 2.38. The SMILES string of the molecule is N#Cc1ccc2c(c1)CCc1cccnc1C2=C1CCN(C(=O)OCc2ccccc2)CC1. The Morgan fingerprint density at radius 3 is 2.55 bits per heavy atom. The van der Waals surface area contributed by atoms with Crippen molar-refractivity contribution in [3.8, 4) is 6.07 Å². The van der Waals surface area contributed by atoms with E-state index >= 15 is 0 Å². The summed E-state index contributed by atoms with van der Waals surface area (Å²) < 4.78 is 5.53. The first-order valence-corrected chi connectivity index (χ1v) is 11.4. The largest absolute Gasteiger partial charge is 0.445 e. The third kappa shape index (κ3) is 4.38. The van der Waals surface area contributed by atoms with Crippen LogP contribution < -0.4 is 0 Å². The van der Waals surface area contributed by atoms with E-state index in [0.717, 1.165) is 36.9 Å². The summed E-state index contributed by atoms with van der Waals surface area (Å²) in [4.78, 5) is 19.2. The quantitative estimate of drug-likeness (QED) is 0.549. The molecule has 0 saturated carbocycles. The Bertz CT molecular complexity index is 1250. The molecule has 1 amide bonds. The summed E-state index contributed by atoms with van der Waals surface area (Å²) in [5.41, 5.74) is 8.80. The van der Waals surface area contributed by atoms with E-state index in [-0.39, 0.29) is 12.7 Å². The second-order valence-electron chi connectivity index (χ2n) is 8.50. The smallest absolute Gasteiger partial charge is 0.410 e. The van der Waals surface area contributed by atoms with Crippen LogP contribution in [0.5, 0.6) is 0 Å². The normalized spacial score (nSPS) is 15.2. The van der Waals surface area contributed by atoms with Crippen LogP contribution in [0.1, 0.15) is 46.4 Å². The summed E-state index contributed by atoms with van der Waals surface area (Å²) in [6, 6.07) is 22.1. The Morgan fingerprint density at radius 1 is 0.970 bits per heavy atom. The zero-order valence-electron chi connectivity index (χ0n) is 18.5. The van der Waals surface area contributed by atoms with Gasteiger partial charge in [0.2, 0.25) is 0 Å². The molecule has 0 spiro atoms. The Kier molecular flexibility index (Phi) is 5.91. The van der Waals surface area contributed by atoms with Crippen molar-refractivity contribution in [2.75, 3.05) is 13.1 Å². The van der Waals surface area contributed by atoms with Crippen molar-refractivity contribution in [1.82, 2.24) is 9.88 Å². The topological polar surface area (TPSA) is 66.2 Å². The van der Waals surface area contributed by atoms with E-state index in [2.05, 4.69) is 18.2 Å². The Labute approximate surface area is 194 Å². The van der Waals surface area contributed by atoms with E-state index in [1.165, 1.54) is 27.8 Å². The zero-order chi connectivity index (χ0) is 22.6. The van der Waals surface area contributed by atoms with Gasteiger partial charge in [-0.1, -0.05) is 48.0 Å². The first kappa shape index (κ1) is 21.0. The average molecular weight is 436 g/mol. The van der Waals surface area contributed by atoms with Gasteiger partial charge < -0.3 is 9.64 Å². The standard InChI is InChI=1S/C28H25N3O2/c29-18-21-8-11-25-24(17-21)10-9-23-7-4-14-30-27(23)26(25)22-12-15-31(16-13-22)28(32)33-19-20-5-2-1-3-6-20/h1-8,11,14,17H,9-10,12-13,15-16,19H2. The molecule has 0 N–H and O–H groups in total. The molecule has 0 bridgehead atoms. The van der Waals surface area contributed by atoms with E-state index in [0.29, 0.717) is 18.7 Å². The van der Waals surface area contributed by atoms with Gasteiger partial charge in [0.05, 0.1) is 17.3 Å². The number of aromatic nitrogens is 1. The molecule has 5 heteroatoms.